The second-order valence-corrected chi connectivity index (χ2v) is 6.46. The summed E-state index contributed by atoms with van der Waals surface area (Å²) in [5.74, 6) is -0.738. The number of aromatic carboxylic acids is 1. The van der Waals surface area contributed by atoms with Crippen molar-refractivity contribution in [3.05, 3.63) is 35.4 Å². The lowest BCUT2D eigenvalue weighted by Gasteiger charge is -2.32. The summed E-state index contributed by atoms with van der Waals surface area (Å²) in [6.45, 7) is 7.47. The minimum atomic E-state index is -0.920. The molecule has 5 nitrogen and oxygen atoms in total. The SMILES string of the molecule is CC(C)(C)N1CC(NCc2ccc(C(=O)O)cc2)CC1=O. The maximum atomic E-state index is 12.0. The Morgan fingerprint density at radius 2 is 1.95 bits per heavy atom. The van der Waals surface area contributed by atoms with Crippen LogP contribution < -0.4 is 5.32 Å². The van der Waals surface area contributed by atoms with E-state index in [0.29, 0.717) is 13.0 Å². The smallest absolute Gasteiger partial charge is 0.335 e. The van der Waals surface area contributed by atoms with E-state index in [2.05, 4.69) is 5.32 Å². The molecule has 0 bridgehead atoms. The van der Waals surface area contributed by atoms with Gasteiger partial charge in [0.05, 0.1) is 5.56 Å². The lowest BCUT2D eigenvalue weighted by atomic mass is 10.1. The van der Waals surface area contributed by atoms with Gasteiger partial charge < -0.3 is 15.3 Å². The van der Waals surface area contributed by atoms with Crippen LogP contribution in [0.15, 0.2) is 24.3 Å². The van der Waals surface area contributed by atoms with Gasteiger partial charge in [0, 0.05) is 31.1 Å². The van der Waals surface area contributed by atoms with Crippen LogP contribution in [0.3, 0.4) is 0 Å². The van der Waals surface area contributed by atoms with Gasteiger partial charge in [-0.15, -0.1) is 0 Å². The number of nitrogens with one attached hydrogen (secondary N) is 1. The number of carbonyl (C=O) groups excluding carboxylic acids is 1. The third kappa shape index (κ3) is 3.82. The molecule has 0 aromatic heterocycles. The zero-order valence-corrected chi connectivity index (χ0v) is 12.7. The van der Waals surface area contributed by atoms with Crippen molar-refractivity contribution in [2.75, 3.05) is 6.54 Å². The Labute approximate surface area is 125 Å². The highest BCUT2D eigenvalue weighted by Gasteiger charge is 2.35. The van der Waals surface area contributed by atoms with E-state index >= 15 is 0 Å². The summed E-state index contributed by atoms with van der Waals surface area (Å²) in [6.07, 6.45) is 0.518. The fourth-order valence-corrected chi connectivity index (χ4v) is 2.52. The Bertz CT molecular complexity index is 531. The molecule has 1 aromatic rings. The topological polar surface area (TPSA) is 69.6 Å². The molecule has 1 fully saturated rings. The van der Waals surface area contributed by atoms with Crippen LogP contribution in [-0.4, -0.2) is 40.0 Å². The summed E-state index contributed by atoms with van der Waals surface area (Å²) >= 11 is 0. The number of benzene rings is 1. The van der Waals surface area contributed by atoms with Crippen LogP contribution in [0.1, 0.15) is 43.1 Å². The molecule has 2 N–H and O–H groups in total. The van der Waals surface area contributed by atoms with Crippen molar-refractivity contribution in [1.29, 1.82) is 0 Å². The molecule has 1 aliphatic rings. The number of amides is 1. The molecule has 2 rings (SSSR count). The third-order valence-corrected chi connectivity index (χ3v) is 3.73. The second kappa shape index (κ2) is 5.85. The number of carboxylic acids is 1. The minimum absolute atomic E-state index is 0.142. The first-order valence-electron chi connectivity index (χ1n) is 7.13. The van der Waals surface area contributed by atoms with E-state index in [1.165, 1.54) is 0 Å². The van der Waals surface area contributed by atoms with Gasteiger partial charge in [-0.25, -0.2) is 4.79 Å². The Balaban J connectivity index is 1.89. The minimum Gasteiger partial charge on any atom is -0.478 e. The summed E-state index contributed by atoms with van der Waals surface area (Å²) in [5.41, 5.74) is 1.16. The Morgan fingerprint density at radius 1 is 1.33 bits per heavy atom. The van der Waals surface area contributed by atoms with Crippen molar-refractivity contribution < 1.29 is 14.7 Å². The molecule has 1 unspecified atom stereocenters. The molecular weight excluding hydrogens is 268 g/mol. The molecule has 1 aromatic carbocycles. The number of nitrogens with zero attached hydrogens (tertiary/aromatic N) is 1. The first-order chi connectivity index (χ1) is 9.77. The largest absolute Gasteiger partial charge is 0.478 e. The molecule has 1 aliphatic heterocycles. The van der Waals surface area contributed by atoms with Crippen LogP contribution >= 0.6 is 0 Å². The van der Waals surface area contributed by atoms with Gasteiger partial charge in [-0.1, -0.05) is 12.1 Å². The predicted molar refractivity (Wildman–Crippen MR) is 80.1 cm³/mol. The van der Waals surface area contributed by atoms with E-state index < -0.39 is 5.97 Å². The second-order valence-electron chi connectivity index (χ2n) is 6.46. The Kier molecular flexibility index (Phi) is 4.32. The molecule has 0 spiro atoms. The predicted octanol–water partition coefficient (Wildman–Crippen LogP) is 1.87. The summed E-state index contributed by atoms with van der Waals surface area (Å²) in [7, 11) is 0. The van der Waals surface area contributed by atoms with Crippen molar-refractivity contribution in [3.63, 3.8) is 0 Å². The lowest BCUT2D eigenvalue weighted by molar-refractivity contribution is -0.131. The van der Waals surface area contributed by atoms with Crippen LogP contribution in [-0.2, 0) is 11.3 Å². The highest BCUT2D eigenvalue weighted by Crippen LogP contribution is 2.22. The van der Waals surface area contributed by atoms with E-state index in [0.717, 1.165) is 12.1 Å². The molecule has 1 heterocycles. The number of rotatable bonds is 4. The van der Waals surface area contributed by atoms with Gasteiger partial charge in [0.2, 0.25) is 5.91 Å². The molecule has 21 heavy (non-hydrogen) atoms. The molecule has 5 heteroatoms. The first-order valence-corrected chi connectivity index (χ1v) is 7.13. The molecule has 0 radical (unpaired) electrons. The third-order valence-electron chi connectivity index (χ3n) is 3.73. The fourth-order valence-electron chi connectivity index (χ4n) is 2.52. The van der Waals surface area contributed by atoms with Crippen LogP contribution in [0.25, 0.3) is 0 Å². The highest BCUT2D eigenvalue weighted by molar-refractivity contribution is 5.87. The van der Waals surface area contributed by atoms with Gasteiger partial charge in [-0.3, -0.25) is 4.79 Å². The molecular formula is C16H22N2O3. The molecule has 1 saturated heterocycles. The van der Waals surface area contributed by atoms with Gasteiger partial charge in [0.15, 0.2) is 0 Å². The van der Waals surface area contributed by atoms with Crippen molar-refractivity contribution in [2.24, 2.45) is 0 Å². The average molecular weight is 290 g/mol. The maximum Gasteiger partial charge on any atom is 0.335 e. The number of carbonyl (C=O) groups is 2. The van der Waals surface area contributed by atoms with E-state index in [1.54, 1.807) is 24.3 Å². The first kappa shape index (κ1) is 15.5. The number of likely N-dealkylation sites (tertiary alicyclic amines) is 1. The van der Waals surface area contributed by atoms with Gasteiger partial charge in [0.1, 0.15) is 0 Å². The van der Waals surface area contributed by atoms with Gasteiger partial charge >= 0.3 is 5.97 Å². The van der Waals surface area contributed by atoms with E-state index in [1.807, 2.05) is 25.7 Å². The van der Waals surface area contributed by atoms with Gasteiger partial charge in [-0.2, -0.15) is 0 Å². The van der Waals surface area contributed by atoms with Crippen molar-refractivity contribution in [3.8, 4) is 0 Å². The van der Waals surface area contributed by atoms with Gasteiger partial charge in [-0.05, 0) is 38.5 Å². The molecule has 1 atom stereocenters. The molecule has 1 amide bonds. The number of hydrogen-bond acceptors (Lipinski definition) is 3. The number of hydrogen-bond donors (Lipinski definition) is 2. The standard InChI is InChI=1S/C16H22N2O3/c1-16(2,3)18-10-13(8-14(18)19)17-9-11-4-6-12(7-5-11)15(20)21/h4-7,13,17H,8-10H2,1-3H3,(H,20,21). The van der Waals surface area contributed by atoms with Crippen molar-refractivity contribution >= 4 is 11.9 Å². The van der Waals surface area contributed by atoms with Crippen LogP contribution in [0.5, 0.6) is 0 Å². The highest BCUT2D eigenvalue weighted by atomic mass is 16.4. The summed E-state index contributed by atoms with van der Waals surface area (Å²) < 4.78 is 0. The van der Waals surface area contributed by atoms with Crippen LogP contribution in [0, 0.1) is 0 Å². The van der Waals surface area contributed by atoms with E-state index in [-0.39, 0.29) is 23.1 Å². The normalized spacial score (nSPS) is 19.1. The van der Waals surface area contributed by atoms with E-state index in [9.17, 15) is 9.59 Å². The zero-order valence-electron chi connectivity index (χ0n) is 12.7. The van der Waals surface area contributed by atoms with Crippen LogP contribution in [0.4, 0.5) is 0 Å². The van der Waals surface area contributed by atoms with Crippen LogP contribution in [0.2, 0.25) is 0 Å². The lowest BCUT2D eigenvalue weighted by Crippen LogP contribution is -2.43. The average Bonchev–Trinajstić information content (AvgIpc) is 2.78. The molecule has 0 aliphatic carbocycles. The fraction of sp³-hybridized carbons (Fsp3) is 0.500. The quantitative estimate of drug-likeness (QED) is 0.888. The maximum absolute atomic E-state index is 12.0. The zero-order chi connectivity index (χ0) is 15.6. The Morgan fingerprint density at radius 3 is 2.43 bits per heavy atom. The summed E-state index contributed by atoms with van der Waals surface area (Å²) in [4.78, 5) is 24.7. The summed E-state index contributed by atoms with van der Waals surface area (Å²) in [6, 6.07) is 6.95. The summed E-state index contributed by atoms with van der Waals surface area (Å²) in [5, 5.41) is 12.2. The van der Waals surface area contributed by atoms with Crippen molar-refractivity contribution in [2.45, 2.75) is 45.3 Å². The van der Waals surface area contributed by atoms with Crippen molar-refractivity contribution in [1.82, 2.24) is 10.2 Å². The molecule has 0 saturated carbocycles. The monoisotopic (exact) mass is 290 g/mol. The van der Waals surface area contributed by atoms with Gasteiger partial charge in [0.25, 0.3) is 0 Å². The molecule has 114 valence electrons. The van der Waals surface area contributed by atoms with E-state index in [4.69, 9.17) is 5.11 Å². The Hall–Kier alpha value is -1.88. The number of carboxylic acid groups (broad SMARTS) is 1.